The van der Waals surface area contributed by atoms with E-state index >= 15 is 0 Å². The minimum atomic E-state index is -0.481. The summed E-state index contributed by atoms with van der Waals surface area (Å²) in [6.45, 7) is 1.80. The number of anilines is 1. The number of halogens is 1. The number of para-hydroxylation sites is 2. The number of benzene rings is 2. The Morgan fingerprint density at radius 2 is 1.86 bits per heavy atom. The molecule has 0 unspecified atom stereocenters. The van der Waals surface area contributed by atoms with Crippen LogP contribution < -0.4 is 15.0 Å². The lowest BCUT2D eigenvalue weighted by Gasteiger charge is -2.27. The molecule has 0 bridgehead atoms. The Kier molecular flexibility index (Phi) is 8.02. The Morgan fingerprint density at radius 1 is 1.11 bits per heavy atom. The van der Waals surface area contributed by atoms with Crippen LogP contribution in [0.2, 0.25) is 0 Å². The Labute approximate surface area is 203 Å². The number of carbonyl (C=O) groups is 2. The summed E-state index contributed by atoms with van der Waals surface area (Å²) in [6, 6.07) is 13.3. The van der Waals surface area contributed by atoms with E-state index in [0.29, 0.717) is 18.0 Å². The summed E-state index contributed by atoms with van der Waals surface area (Å²) >= 11 is 0. The third-order valence-corrected chi connectivity index (χ3v) is 5.87. The molecule has 1 N–H and O–H groups in total. The first kappa shape index (κ1) is 24.3. The quantitative estimate of drug-likeness (QED) is 0.504. The van der Waals surface area contributed by atoms with E-state index in [1.54, 1.807) is 42.5 Å². The molecule has 0 atom stereocenters. The normalized spacial score (nSPS) is 13.9. The van der Waals surface area contributed by atoms with Crippen LogP contribution in [0.25, 0.3) is 11.4 Å². The fourth-order valence-electron chi connectivity index (χ4n) is 4.20. The van der Waals surface area contributed by atoms with E-state index in [9.17, 15) is 14.0 Å². The molecule has 2 aromatic carbocycles. The van der Waals surface area contributed by atoms with Gasteiger partial charge < -0.3 is 10.1 Å². The first-order chi connectivity index (χ1) is 17.0. The second kappa shape index (κ2) is 11.5. The topological polar surface area (TPSA) is 102 Å². The van der Waals surface area contributed by atoms with Crippen LogP contribution in [0.15, 0.2) is 48.5 Å². The summed E-state index contributed by atoms with van der Waals surface area (Å²) in [4.78, 5) is 28.8. The number of hydrogen-bond acceptors (Lipinski definition) is 6. The van der Waals surface area contributed by atoms with Crippen LogP contribution in [0.1, 0.15) is 39.0 Å². The molecule has 1 aliphatic carbocycles. The van der Waals surface area contributed by atoms with E-state index in [4.69, 9.17) is 4.74 Å². The number of carbonyl (C=O) groups excluding carboxylic acids is 2. The fraction of sp³-hybridized carbons (Fsp3) is 0.400. The first-order valence-electron chi connectivity index (χ1n) is 11.9. The minimum Gasteiger partial charge on any atom is -0.492 e. The minimum absolute atomic E-state index is 0.0761. The van der Waals surface area contributed by atoms with Crippen molar-refractivity contribution >= 4 is 17.5 Å². The molecular formula is C25H29FN6O3. The molecule has 1 saturated carbocycles. The summed E-state index contributed by atoms with van der Waals surface area (Å²) in [5, 5.41) is 15.0. The molecule has 0 spiro atoms. The molecule has 10 heteroatoms. The van der Waals surface area contributed by atoms with Crippen molar-refractivity contribution in [2.45, 2.75) is 51.6 Å². The van der Waals surface area contributed by atoms with Crippen molar-refractivity contribution in [2.24, 2.45) is 0 Å². The van der Waals surface area contributed by atoms with Gasteiger partial charge in [0.25, 0.3) is 5.91 Å². The molecule has 184 valence electrons. The molecule has 2 amide bonds. The molecule has 4 rings (SSSR count). The van der Waals surface area contributed by atoms with Gasteiger partial charge in [-0.25, -0.2) is 4.39 Å². The second-order valence-electron chi connectivity index (χ2n) is 8.41. The van der Waals surface area contributed by atoms with Crippen LogP contribution >= 0.6 is 0 Å². The van der Waals surface area contributed by atoms with Gasteiger partial charge in [-0.2, -0.15) is 4.80 Å². The average molecular weight is 481 g/mol. The number of amides is 2. The van der Waals surface area contributed by atoms with Crippen molar-refractivity contribution in [3.05, 3.63) is 54.3 Å². The van der Waals surface area contributed by atoms with Gasteiger partial charge >= 0.3 is 0 Å². The van der Waals surface area contributed by atoms with Crippen LogP contribution in [0.4, 0.5) is 10.1 Å². The number of hydrogen-bond donors (Lipinski definition) is 1. The van der Waals surface area contributed by atoms with Gasteiger partial charge in [-0.3, -0.25) is 14.5 Å². The van der Waals surface area contributed by atoms with Gasteiger partial charge in [-0.1, -0.05) is 43.5 Å². The van der Waals surface area contributed by atoms with Gasteiger partial charge in [0, 0.05) is 6.04 Å². The first-order valence-corrected chi connectivity index (χ1v) is 11.9. The maximum Gasteiger partial charge on any atom is 0.251 e. The maximum absolute atomic E-state index is 14.1. The highest BCUT2D eigenvalue weighted by atomic mass is 19.1. The van der Waals surface area contributed by atoms with Crippen LogP contribution in [0.5, 0.6) is 5.75 Å². The molecular weight excluding hydrogens is 451 g/mol. The third kappa shape index (κ3) is 6.20. The summed E-state index contributed by atoms with van der Waals surface area (Å²) in [5.41, 5.74) is 0.671. The summed E-state index contributed by atoms with van der Waals surface area (Å²) in [6.07, 6.45) is 5.23. The zero-order valence-electron chi connectivity index (χ0n) is 19.7. The Hall–Kier alpha value is -3.82. The lowest BCUT2D eigenvalue weighted by molar-refractivity contribution is -0.124. The molecule has 0 aliphatic heterocycles. The van der Waals surface area contributed by atoms with Gasteiger partial charge in [0.2, 0.25) is 11.7 Å². The Morgan fingerprint density at radius 3 is 2.63 bits per heavy atom. The molecule has 0 radical (unpaired) electrons. The van der Waals surface area contributed by atoms with Gasteiger partial charge in [-0.15, -0.1) is 10.2 Å². The highest BCUT2D eigenvalue weighted by Gasteiger charge is 2.25. The van der Waals surface area contributed by atoms with Gasteiger partial charge in [0.15, 0.2) is 0 Å². The Bertz CT molecular complexity index is 1160. The lowest BCUT2D eigenvalue weighted by Crippen LogP contribution is -2.46. The standard InChI is InChI=1S/C25H29FN6O3/c1-2-35-22-15-9-8-14-21(22)31(16-23(33)27-18-10-4-3-5-11-18)24(34)17-32-29-25(28-30-32)19-12-6-7-13-20(19)26/h6-9,12-15,18H,2-5,10-11,16-17H2,1H3,(H,27,33). The number of aromatic nitrogens is 4. The molecule has 9 nitrogen and oxygen atoms in total. The number of nitrogens with one attached hydrogen (secondary N) is 1. The van der Waals surface area contributed by atoms with E-state index in [-0.39, 0.29) is 36.4 Å². The summed E-state index contributed by atoms with van der Waals surface area (Å²) in [7, 11) is 0. The van der Waals surface area contributed by atoms with Crippen molar-refractivity contribution < 1.29 is 18.7 Å². The second-order valence-corrected chi connectivity index (χ2v) is 8.41. The fourth-order valence-corrected chi connectivity index (χ4v) is 4.20. The van der Waals surface area contributed by atoms with Crippen LogP contribution in [-0.2, 0) is 16.1 Å². The molecule has 0 saturated heterocycles. The number of ether oxygens (including phenoxy) is 1. The molecule has 35 heavy (non-hydrogen) atoms. The predicted octanol–water partition coefficient (Wildman–Crippen LogP) is 3.36. The maximum atomic E-state index is 14.1. The summed E-state index contributed by atoms with van der Waals surface area (Å²) < 4.78 is 19.8. The predicted molar refractivity (Wildman–Crippen MR) is 128 cm³/mol. The monoisotopic (exact) mass is 480 g/mol. The largest absolute Gasteiger partial charge is 0.492 e. The zero-order valence-corrected chi connectivity index (χ0v) is 19.7. The average Bonchev–Trinajstić information content (AvgIpc) is 3.32. The molecule has 1 aromatic heterocycles. The van der Waals surface area contributed by atoms with Gasteiger partial charge in [0.1, 0.15) is 24.7 Å². The highest BCUT2D eigenvalue weighted by Crippen LogP contribution is 2.28. The van der Waals surface area contributed by atoms with Crippen LogP contribution in [-0.4, -0.2) is 51.2 Å². The molecule has 1 fully saturated rings. The van der Waals surface area contributed by atoms with E-state index in [0.717, 1.165) is 30.5 Å². The molecule has 3 aromatic rings. The SMILES string of the molecule is CCOc1ccccc1N(CC(=O)NC1CCCCC1)C(=O)Cn1nnc(-c2ccccc2F)n1. The zero-order chi connectivity index (χ0) is 24.6. The molecule has 1 heterocycles. The van der Waals surface area contributed by atoms with E-state index < -0.39 is 11.7 Å². The van der Waals surface area contributed by atoms with Crippen molar-refractivity contribution in [1.82, 2.24) is 25.5 Å². The van der Waals surface area contributed by atoms with E-state index in [1.165, 1.54) is 17.4 Å². The van der Waals surface area contributed by atoms with Crippen LogP contribution in [0.3, 0.4) is 0 Å². The van der Waals surface area contributed by atoms with E-state index in [2.05, 4.69) is 20.7 Å². The van der Waals surface area contributed by atoms with Crippen molar-refractivity contribution in [2.75, 3.05) is 18.1 Å². The summed E-state index contributed by atoms with van der Waals surface area (Å²) in [5.74, 6) is -0.576. The number of nitrogens with zero attached hydrogens (tertiary/aromatic N) is 5. The van der Waals surface area contributed by atoms with Crippen LogP contribution in [0, 0.1) is 5.82 Å². The van der Waals surface area contributed by atoms with Gasteiger partial charge in [0.05, 0.1) is 17.9 Å². The smallest absolute Gasteiger partial charge is 0.251 e. The lowest BCUT2D eigenvalue weighted by atomic mass is 9.95. The number of rotatable bonds is 9. The highest BCUT2D eigenvalue weighted by molar-refractivity contribution is 5.99. The number of tetrazole rings is 1. The Balaban J connectivity index is 1.54. The third-order valence-electron chi connectivity index (χ3n) is 5.87. The molecule has 1 aliphatic rings. The van der Waals surface area contributed by atoms with Crippen molar-refractivity contribution in [1.29, 1.82) is 0 Å². The van der Waals surface area contributed by atoms with Crippen molar-refractivity contribution in [3.63, 3.8) is 0 Å². The van der Waals surface area contributed by atoms with Gasteiger partial charge in [-0.05, 0) is 49.2 Å². The van der Waals surface area contributed by atoms with E-state index in [1.807, 2.05) is 6.92 Å². The van der Waals surface area contributed by atoms with Crippen molar-refractivity contribution in [3.8, 4) is 17.1 Å².